The molecule has 5 nitrogen and oxygen atoms in total. The quantitative estimate of drug-likeness (QED) is 0.825. The highest BCUT2D eigenvalue weighted by Crippen LogP contribution is 2.28. The molecule has 0 aromatic heterocycles. The van der Waals surface area contributed by atoms with Crippen LogP contribution in [0.5, 0.6) is 5.75 Å². The molecule has 5 heteroatoms. The molecule has 0 spiro atoms. The van der Waals surface area contributed by atoms with Crippen LogP contribution in [0.3, 0.4) is 0 Å². The summed E-state index contributed by atoms with van der Waals surface area (Å²) in [5.74, 6) is 0.107. The predicted octanol–water partition coefficient (Wildman–Crippen LogP) is 1.49. The van der Waals surface area contributed by atoms with Gasteiger partial charge in [-0.15, -0.1) is 0 Å². The van der Waals surface area contributed by atoms with E-state index in [1.165, 1.54) is 7.11 Å². The van der Waals surface area contributed by atoms with Gasteiger partial charge in [0.05, 0.1) is 12.7 Å². The van der Waals surface area contributed by atoms with Crippen LogP contribution in [-0.4, -0.2) is 19.6 Å². The number of nitrogens with one attached hydrogen (secondary N) is 1. The summed E-state index contributed by atoms with van der Waals surface area (Å²) in [6.45, 7) is 2.25. The van der Waals surface area contributed by atoms with E-state index in [4.69, 9.17) is 15.7 Å². The van der Waals surface area contributed by atoms with E-state index in [0.717, 1.165) is 0 Å². The molecule has 0 aliphatic rings. The fraction of sp³-hybridized carbons (Fsp3) is 0.385. The smallest absolute Gasteiger partial charge is 0.227 e. The van der Waals surface area contributed by atoms with E-state index in [0.29, 0.717) is 30.0 Å². The van der Waals surface area contributed by atoms with E-state index in [-0.39, 0.29) is 11.8 Å². The zero-order valence-electron chi connectivity index (χ0n) is 10.6. The van der Waals surface area contributed by atoms with Gasteiger partial charge in [0.1, 0.15) is 17.5 Å². The number of para-hydroxylation sites is 1. The molecule has 1 rings (SSSR count). The van der Waals surface area contributed by atoms with E-state index in [2.05, 4.69) is 5.32 Å². The molecule has 0 bridgehead atoms. The van der Waals surface area contributed by atoms with E-state index in [9.17, 15) is 4.79 Å². The van der Waals surface area contributed by atoms with Crippen molar-refractivity contribution in [3.63, 3.8) is 0 Å². The molecule has 0 saturated heterocycles. The Morgan fingerprint density at radius 3 is 2.89 bits per heavy atom. The van der Waals surface area contributed by atoms with Crippen LogP contribution in [0.1, 0.15) is 18.9 Å². The Balaban J connectivity index is 2.96. The number of amides is 1. The number of benzene rings is 1. The number of carbonyl (C=O) groups excluding carboxylic acids is 1. The summed E-state index contributed by atoms with van der Waals surface area (Å²) < 4.78 is 5.14. The lowest BCUT2D eigenvalue weighted by atomic mass is 10.1. The van der Waals surface area contributed by atoms with Crippen LogP contribution >= 0.6 is 0 Å². The first-order chi connectivity index (χ1) is 8.63. The van der Waals surface area contributed by atoms with Crippen LogP contribution in [0, 0.1) is 17.2 Å². The average molecular weight is 247 g/mol. The number of ether oxygens (including phenoxy) is 1. The van der Waals surface area contributed by atoms with Crippen LogP contribution in [-0.2, 0) is 4.79 Å². The Morgan fingerprint density at radius 2 is 2.33 bits per heavy atom. The summed E-state index contributed by atoms with van der Waals surface area (Å²) >= 11 is 0. The maximum absolute atomic E-state index is 11.9. The van der Waals surface area contributed by atoms with Crippen molar-refractivity contribution in [3.05, 3.63) is 23.8 Å². The van der Waals surface area contributed by atoms with Gasteiger partial charge < -0.3 is 15.8 Å². The zero-order valence-corrected chi connectivity index (χ0v) is 10.6. The average Bonchev–Trinajstić information content (AvgIpc) is 2.39. The van der Waals surface area contributed by atoms with Gasteiger partial charge in [-0.3, -0.25) is 4.79 Å². The lowest BCUT2D eigenvalue weighted by molar-refractivity contribution is -0.119. The number of carbonyl (C=O) groups is 1. The summed E-state index contributed by atoms with van der Waals surface area (Å²) in [5.41, 5.74) is 6.21. The van der Waals surface area contributed by atoms with Gasteiger partial charge in [-0.05, 0) is 25.1 Å². The molecule has 3 N–H and O–H groups in total. The van der Waals surface area contributed by atoms with Crippen molar-refractivity contribution < 1.29 is 9.53 Å². The number of rotatable bonds is 5. The molecule has 0 aliphatic heterocycles. The van der Waals surface area contributed by atoms with Crippen LogP contribution in [0.2, 0.25) is 0 Å². The molecule has 0 radical (unpaired) electrons. The summed E-state index contributed by atoms with van der Waals surface area (Å²) in [7, 11) is 1.50. The SMILES string of the molecule is COc1cccc(C#N)c1NC(=O)C(C)CCN. The maximum Gasteiger partial charge on any atom is 0.227 e. The van der Waals surface area contributed by atoms with Gasteiger partial charge in [0.2, 0.25) is 5.91 Å². The zero-order chi connectivity index (χ0) is 13.5. The Morgan fingerprint density at radius 1 is 1.61 bits per heavy atom. The highest BCUT2D eigenvalue weighted by atomic mass is 16.5. The minimum Gasteiger partial charge on any atom is -0.495 e. The summed E-state index contributed by atoms with van der Waals surface area (Å²) in [6, 6.07) is 7.06. The molecule has 0 aliphatic carbocycles. The second kappa shape index (κ2) is 6.62. The third-order valence-electron chi connectivity index (χ3n) is 2.66. The first-order valence-electron chi connectivity index (χ1n) is 5.72. The molecule has 0 fully saturated rings. The molecule has 0 saturated carbocycles. The lowest BCUT2D eigenvalue weighted by Gasteiger charge is -2.14. The first kappa shape index (κ1) is 14.0. The van der Waals surface area contributed by atoms with Crippen molar-refractivity contribution in [3.8, 4) is 11.8 Å². The minimum atomic E-state index is -0.202. The number of nitrogens with zero attached hydrogens (tertiary/aromatic N) is 1. The number of hydrogen-bond acceptors (Lipinski definition) is 4. The monoisotopic (exact) mass is 247 g/mol. The number of anilines is 1. The third-order valence-corrected chi connectivity index (χ3v) is 2.66. The van der Waals surface area contributed by atoms with Gasteiger partial charge in [0, 0.05) is 5.92 Å². The number of nitrogens with two attached hydrogens (primary N) is 1. The molecule has 96 valence electrons. The summed E-state index contributed by atoms with van der Waals surface area (Å²) in [5, 5.41) is 11.7. The minimum absolute atomic E-state index is 0.165. The van der Waals surface area contributed by atoms with E-state index >= 15 is 0 Å². The number of nitriles is 1. The Hall–Kier alpha value is -2.06. The van der Waals surface area contributed by atoms with Gasteiger partial charge in [0.15, 0.2) is 0 Å². The van der Waals surface area contributed by atoms with Crippen molar-refractivity contribution in [1.29, 1.82) is 5.26 Å². The number of hydrogen-bond donors (Lipinski definition) is 2. The molecular formula is C13H17N3O2. The molecular weight excluding hydrogens is 230 g/mol. The molecule has 1 atom stereocenters. The molecule has 1 aromatic carbocycles. The lowest BCUT2D eigenvalue weighted by Crippen LogP contribution is -2.23. The topological polar surface area (TPSA) is 88.1 Å². The maximum atomic E-state index is 11.9. The van der Waals surface area contributed by atoms with E-state index in [1.807, 2.05) is 6.07 Å². The Bertz CT molecular complexity index is 466. The van der Waals surface area contributed by atoms with Crippen LogP contribution < -0.4 is 15.8 Å². The number of methoxy groups -OCH3 is 1. The normalized spacial score (nSPS) is 11.4. The third kappa shape index (κ3) is 3.22. The Labute approximate surface area is 107 Å². The van der Waals surface area contributed by atoms with Crippen LogP contribution in [0.4, 0.5) is 5.69 Å². The van der Waals surface area contributed by atoms with Crippen molar-refractivity contribution in [2.75, 3.05) is 19.0 Å². The fourth-order valence-corrected chi connectivity index (χ4v) is 1.55. The van der Waals surface area contributed by atoms with Crippen molar-refractivity contribution in [2.24, 2.45) is 11.7 Å². The van der Waals surface area contributed by atoms with Crippen LogP contribution in [0.15, 0.2) is 18.2 Å². The van der Waals surface area contributed by atoms with Gasteiger partial charge in [-0.25, -0.2) is 0 Å². The molecule has 1 unspecified atom stereocenters. The molecule has 1 aromatic rings. The predicted molar refractivity (Wildman–Crippen MR) is 69.2 cm³/mol. The largest absolute Gasteiger partial charge is 0.495 e. The van der Waals surface area contributed by atoms with E-state index < -0.39 is 0 Å². The Kier molecular flexibility index (Phi) is 5.15. The van der Waals surface area contributed by atoms with E-state index in [1.54, 1.807) is 25.1 Å². The second-order valence-corrected chi connectivity index (χ2v) is 3.96. The van der Waals surface area contributed by atoms with Gasteiger partial charge in [-0.2, -0.15) is 5.26 Å². The van der Waals surface area contributed by atoms with Crippen LogP contribution in [0.25, 0.3) is 0 Å². The second-order valence-electron chi connectivity index (χ2n) is 3.96. The van der Waals surface area contributed by atoms with Crippen molar-refractivity contribution >= 4 is 11.6 Å². The first-order valence-corrected chi connectivity index (χ1v) is 5.72. The van der Waals surface area contributed by atoms with Crippen molar-refractivity contribution in [1.82, 2.24) is 0 Å². The van der Waals surface area contributed by atoms with Gasteiger partial charge in [-0.1, -0.05) is 13.0 Å². The van der Waals surface area contributed by atoms with Crippen molar-refractivity contribution in [2.45, 2.75) is 13.3 Å². The molecule has 1 amide bonds. The molecule has 18 heavy (non-hydrogen) atoms. The highest BCUT2D eigenvalue weighted by Gasteiger charge is 2.16. The fourth-order valence-electron chi connectivity index (χ4n) is 1.55. The standard InChI is InChI=1S/C13H17N3O2/c1-9(6-7-14)13(17)16-12-10(8-15)4-3-5-11(12)18-2/h3-5,9H,6-7,14H2,1-2H3,(H,16,17). The summed E-state index contributed by atoms with van der Waals surface area (Å²) in [6.07, 6.45) is 0.600. The highest BCUT2D eigenvalue weighted by molar-refractivity contribution is 5.95. The molecule has 0 heterocycles. The summed E-state index contributed by atoms with van der Waals surface area (Å²) in [4.78, 5) is 11.9. The van der Waals surface area contributed by atoms with Gasteiger partial charge >= 0.3 is 0 Å². The van der Waals surface area contributed by atoms with Gasteiger partial charge in [0.25, 0.3) is 0 Å².